The van der Waals surface area contributed by atoms with E-state index in [1.54, 1.807) is 22.4 Å². The van der Waals surface area contributed by atoms with Gasteiger partial charge in [0.2, 0.25) is 0 Å². The zero-order valence-corrected chi connectivity index (χ0v) is 16.9. The standard InChI is InChI=1S/C19H22N4OS2/c1-12-21-9-14(25-12)11-23-8-6-13(10-23)16-15-5-4-7-20-18(15)26-17(16)19(24)22(2)3/h4-5,7,9,13H,6,8,10-11H2,1-3H3/t13-/m1/s1. The summed E-state index contributed by atoms with van der Waals surface area (Å²) < 4.78 is 0. The van der Waals surface area contributed by atoms with Gasteiger partial charge in [-0.2, -0.15) is 0 Å². The molecule has 0 radical (unpaired) electrons. The van der Waals surface area contributed by atoms with Crippen LogP contribution in [0.5, 0.6) is 0 Å². The van der Waals surface area contributed by atoms with Crippen LogP contribution < -0.4 is 0 Å². The Labute approximate surface area is 161 Å². The van der Waals surface area contributed by atoms with Crippen molar-refractivity contribution in [1.82, 2.24) is 19.8 Å². The van der Waals surface area contributed by atoms with Gasteiger partial charge in [0.15, 0.2) is 0 Å². The molecule has 1 saturated heterocycles. The summed E-state index contributed by atoms with van der Waals surface area (Å²) in [7, 11) is 3.63. The fourth-order valence-corrected chi connectivity index (χ4v) is 5.72. The van der Waals surface area contributed by atoms with Crippen LogP contribution in [-0.2, 0) is 6.54 Å². The van der Waals surface area contributed by atoms with Gasteiger partial charge >= 0.3 is 0 Å². The van der Waals surface area contributed by atoms with Crippen molar-refractivity contribution in [3.63, 3.8) is 0 Å². The van der Waals surface area contributed by atoms with Gasteiger partial charge < -0.3 is 4.90 Å². The topological polar surface area (TPSA) is 49.3 Å². The van der Waals surface area contributed by atoms with Gasteiger partial charge in [0.05, 0.1) is 9.88 Å². The number of aromatic nitrogens is 2. The zero-order valence-electron chi connectivity index (χ0n) is 15.2. The van der Waals surface area contributed by atoms with Gasteiger partial charge in [0.25, 0.3) is 5.91 Å². The van der Waals surface area contributed by atoms with Gasteiger partial charge in [-0.15, -0.1) is 22.7 Å². The molecule has 26 heavy (non-hydrogen) atoms. The third kappa shape index (κ3) is 3.26. The number of likely N-dealkylation sites (tertiary alicyclic amines) is 1. The van der Waals surface area contributed by atoms with Gasteiger partial charge in [-0.05, 0) is 31.5 Å². The van der Waals surface area contributed by atoms with E-state index in [9.17, 15) is 4.79 Å². The van der Waals surface area contributed by atoms with Gasteiger partial charge in [-0.25, -0.2) is 9.97 Å². The molecule has 0 aliphatic carbocycles. The molecule has 1 aliphatic rings. The van der Waals surface area contributed by atoms with Crippen molar-refractivity contribution in [2.24, 2.45) is 0 Å². The van der Waals surface area contributed by atoms with E-state index < -0.39 is 0 Å². The molecule has 0 N–H and O–H groups in total. The highest BCUT2D eigenvalue weighted by Gasteiger charge is 2.31. The predicted octanol–water partition coefficient (Wildman–Crippen LogP) is 3.75. The lowest BCUT2D eigenvalue weighted by atomic mass is 9.95. The Hall–Kier alpha value is -1.83. The monoisotopic (exact) mass is 386 g/mol. The number of nitrogens with zero attached hydrogens (tertiary/aromatic N) is 4. The lowest BCUT2D eigenvalue weighted by molar-refractivity contribution is 0.0831. The Morgan fingerprint density at radius 2 is 2.19 bits per heavy atom. The van der Waals surface area contributed by atoms with Crippen LogP contribution in [0.2, 0.25) is 0 Å². The lowest BCUT2D eigenvalue weighted by Crippen LogP contribution is -2.23. The summed E-state index contributed by atoms with van der Waals surface area (Å²) in [5.41, 5.74) is 1.19. The summed E-state index contributed by atoms with van der Waals surface area (Å²) in [6, 6.07) is 4.07. The number of hydrogen-bond acceptors (Lipinski definition) is 6. The van der Waals surface area contributed by atoms with Crippen LogP contribution in [0, 0.1) is 6.92 Å². The molecule has 0 saturated carbocycles. The first-order valence-electron chi connectivity index (χ1n) is 8.75. The van der Waals surface area contributed by atoms with Crippen molar-refractivity contribution >= 4 is 38.8 Å². The maximum absolute atomic E-state index is 12.8. The summed E-state index contributed by atoms with van der Waals surface area (Å²) in [5, 5.41) is 2.26. The Kier molecular flexibility index (Phi) is 4.77. The number of carbonyl (C=O) groups is 1. The predicted molar refractivity (Wildman–Crippen MR) is 107 cm³/mol. The van der Waals surface area contributed by atoms with Crippen molar-refractivity contribution < 1.29 is 4.79 Å². The third-order valence-electron chi connectivity index (χ3n) is 4.83. The van der Waals surface area contributed by atoms with Crippen LogP contribution in [0.3, 0.4) is 0 Å². The summed E-state index contributed by atoms with van der Waals surface area (Å²) in [6.07, 6.45) is 4.87. The number of thiophene rings is 1. The van der Waals surface area contributed by atoms with Crippen LogP contribution in [0.15, 0.2) is 24.5 Å². The maximum Gasteiger partial charge on any atom is 0.263 e. The van der Waals surface area contributed by atoms with Crippen molar-refractivity contribution in [3.05, 3.63) is 44.9 Å². The molecule has 0 spiro atoms. The molecular weight excluding hydrogens is 364 g/mol. The fourth-order valence-electron chi connectivity index (χ4n) is 3.63. The number of aryl methyl sites for hydroxylation is 1. The molecule has 0 bridgehead atoms. The summed E-state index contributed by atoms with van der Waals surface area (Å²) in [5.74, 6) is 0.459. The Morgan fingerprint density at radius 1 is 1.35 bits per heavy atom. The van der Waals surface area contributed by atoms with E-state index in [0.29, 0.717) is 5.92 Å². The quantitative estimate of drug-likeness (QED) is 0.685. The molecule has 1 fully saturated rings. The fraction of sp³-hybridized carbons (Fsp3) is 0.421. The number of hydrogen-bond donors (Lipinski definition) is 0. The van der Waals surface area contributed by atoms with E-state index in [1.807, 2.05) is 33.3 Å². The Bertz CT molecular complexity index is 946. The molecular formula is C19H22N4OS2. The number of thiazole rings is 1. The molecule has 4 heterocycles. The molecule has 3 aromatic rings. The summed E-state index contributed by atoms with van der Waals surface area (Å²) in [6.45, 7) is 5.02. The van der Waals surface area contributed by atoms with Gasteiger partial charge in [0, 0.05) is 55.8 Å². The van der Waals surface area contributed by atoms with Crippen molar-refractivity contribution in [3.8, 4) is 0 Å². The molecule has 4 rings (SSSR count). The van der Waals surface area contributed by atoms with Crippen LogP contribution in [0.1, 0.15) is 37.5 Å². The largest absolute Gasteiger partial charge is 0.344 e. The molecule has 0 aromatic carbocycles. The highest BCUT2D eigenvalue weighted by atomic mass is 32.1. The molecule has 7 heteroatoms. The van der Waals surface area contributed by atoms with E-state index in [-0.39, 0.29) is 5.91 Å². The van der Waals surface area contributed by atoms with Crippen molar-refractivity contribution in [2.75, 3.05) is 27.2 Å². The van der Waals surface area contributed by atoms with E-state index in [2.05, 4.69) is 20.9 Å². The summed E-state index contributed by atoms with van der Waals surface area (Å²) >= 11 is 3.29. The minimum Gasteiger partial charge on any atom is -0.344 e. The van der Waals surface area contributed by atoms with E-state index in [1.165, 1.54) is 21.8 Å². The average Bonchev–Trinajstić information content (AvgIpc) is 3.32. The minimum absolute atomic E-state index is 0.0829. The van der Waals surface area contributed by atoms with Crippen LogP contribution in [0.4, 0.5) is 0 Å². The van der Waals surface area contributed by atoms with E-state index in [0.717, 1.165) is 46.2 Å². The molecule has 1 atom stereocenters. The van der Waals surface area contributed by atoms with Crippen LogP contribution >= 0.6 is 22.7 Å². The molecule has 0 unspecified atom stereocenters. The smallest absolute Gasteiger partial charge is 0.263 e. The van der Waals surface area contributed by atoms with Crippen LogP contribution in [0.25, 0.3) is 10.2 Å². The van der Waals surface area contributed by atoms with Crippen LogP contribution in [-0.4, -0.2) is 52.9 Å². The van der Waals surface area contributed by atoms with Gasteiger partial charge in [-0.1, -0.05) is 6.07 Å². The lowest BCUT2D eigenvalue weighted by Gasteiger charge is -2.17. The SMILES string of the molecule is Cc1ncc(CN2CC[C@@H](c3c(C(=O)N(C)C)sc4ncccc34)C2)s1. The minimum atomic E-state index is 0.0829. The molecule has 1 aliphatic heterocycles. The van der Waals surface area contributed by atoms with E-state index in [4.69, 9.17) is 0 Å². The second-order valence-electron chi connectivity index (χ2n) is 6.97. The molecule has 1 amide bonds. The second-order valence-corrected chi connectivity index (χ2v) is 9.29. The number of rotatable bonds is 4. The van der Waals surface area contributed by atoms with Gasteiger partial charge in [-0.3, -0.25) is 9.69 Å². The second kappa shape index (κ2) is 7.06. The number of fused-ring (bicyclic) bond motifs is 1. The summed E-state index contributed by atoms with van der Waals surface area (Å²) in [4.78, 5) is 28.9. The maximum atomic E-state index is 12.8. The first-order chi connectivity index (χ1) is 12.5. The van der Waals surface area contributed by atoms with Crippen molar-refractivity contribution in [1.29, 1.82) is 0 Å². The van der Waals surface area contributed by atoms with Gasteiger partial charge in [0.1, 0.15) is 4.83 Å². The Morgan fingerprint density at radius 3 is 2.92 bits per heavy atom. The number of pyridine rings is 1. The normalized spacial score (nSPS) is 17.9. The average molecular weight is 387 g/mol. The molecule has 3 aromatic heterocycles. The van der Waals surface area contributed by atoms with E-state index >= 15 is 0 Å². The van der Waals surface area contributed by atoms with Crippen molar-refractivity contribution in [2.45, 2.75) is 25.8 Å². The number of carbonyl (C=O) groups excluding carboxylic acids is 1. The zero-order chi connectivity index (χ0) is 18.3. The highest BCUT2D eigenvalue weighted by molar-refractivity contribution is 7.20. The Balaban J connectivity index is 1.63. The highest BCUT2D eigenvalue weighted by Crippen LogP contribution is 2.40. The first-order valence-corrected chi connectivity index (χ1v) is 10.4. The third-order valence-corrected chi connectivity index (χ3v) is 6.85. The molecule has 5 nitrogen and oxygen atoms in total. The first kappa shape index (κ1) is 17.6. The number of amides is 1. The molecule has 136 valence electrons.